The molecule has 0 fully saturated rings. The van der Waals surface area contributed by atoms with Crippen molar-refractivity contribution >= 4 is 0 Å². The third kappa shape index (κ3) is 3.35. The van der Waals surface area contributed by atoms with Crippen LogP contribution in [0.5, 0.6) is 5.75 Å². The summed E-state index contributed by atoms with van der Waals surface area (Å²) < 4.78 is 43.6. The minimum atomic E-state index is -4.50. The molecule has 9 heteroatoms. The Bertz CT molecular complexity index is 958. The molecule has 1 N–H and O–H groups in total. The van der Waals surface area contributed by atoms with E-state index < -0.39 is 11.9 Å². The smallest absolute Gasteiger partial charge is 0.433 e. The van der Waals surface area contributed by atoms with Gasteiger partial charge in [-0.2, -0.15) is 28.7 Å². The van der Waals surface area contributed by atoms with E-state index in [0.29, 0.717) is 34.7 Å². The Balaban J connectivity index is 2.07. The highest BCUT2D eigenvalue weighted by atomic mass is 19.4. The average molecular weight is 359 g/mol. The summed E-state index contributed by atoms with van der Waals surface area (Å²) in [7, 11) is 0. The van der Waals surface area contributed by atoms with Crippen LogP contribution in [0.3, 0.4) is 0 Å². The van der Waals surface area contributed by atoms with Gasteiger partial charge in [-0.15, -0.1) is 5.10 Å². The fourth-order valence-corrected chi connectivity index (χ4v) is 2.40. The second kappa shape index (κ2) is 6.84. The van der Waals surface area contributed by atoms with Crippen LogP contribution in [0.15, 0.2) is 36.5 Å². The first-order chi connectivity index (χ1) is 12.4. The van der Waals surface area contributed by atoms with Gasteiger partial charge in [0.2, 0.25) is 0 Å². The van der Waals surface area contributed by atoms with E-state index in [9.17, 15) is 13.2 Å². The van der Waals surface area contributed by atoms with Crippen LogP contribution < -0.4 is 4.74 Å². The standard InChI is InChI=1S/C17H12F3N5O/c1-2-26-14-5-3-10(7-12(14)16-13(8-21)23-25-24-16)11-4-6-15(22-9-11)17(18,19)20/h3-7,9H,2H2,1H3,(H,23,24,25). The highest BCUT2D eigenvalue weighted by Gasteiger charge is 2.32. The van der Waals surface area contributed by atoms with Crippen LogP contribution in [-0.4, -0.2) is 27.0 Å². The average Bonchev–Trinajstić information content (AvgIpc) is 3.10. The minimum absolute atomic E-state index is 0.0913. The van der Waals surface area contributed by atoms with Gasteiger partial charge in [0.05, 0.1) is 6.61 Å². The van der Waals surface area contributed by atoms with Crippen molar-refractivity contribution < 1.29 is 17.9 Å². The second-order valence-corrected chi connectivity index (χ2v) is 5.21. The van der Waals surface area contributed by atoms with Gasteiger partial charge in [-0.1, -0.05) is 12.1 Å². The predicted molar refractivity (Wildman–Crippen MR) is 85.9 cm³/mol. The molecule has 0 spiro atoms. The largest absolute Gasteiger partial charge is 0.493 e. The summed E-state index contributed by atoms with van der Waals surface area (Å²) in [6, 6.07) is 9.23. The first-order valence-electron chi connectivity index (χ1n) is 7.55. The van der Waals surface area contributed by atoms with Gasteiger partial charge in [-0.25, -0.2) is 0 Å². The normalized spacial score (nSPS) is 11.2. The Kier molecular flexibility index (Phi) is 4.58. The van der Waals surface area contributed by atoms with E-state index in [2.05, 4.69) is 20.4 Å². The van der Waals surface area contributed by atoms with Gasteiger partial charge < -0.3 is 4.74 Å². The molecule has 0 aliphatic rings. The molecule has 0 aliphatic carbocycles. The summed E-state index contributed by atoms with van der Waals surface area (Å²) >= 11 is 0. The molecule has 0 bridgehead atoms. The monoisotopic (exact) mass is 359 g/mol. The third-order valence-electron chi connectivity index (χ3n) is 3.58. The van der Waals surface area contributed by atoms with Crippen molar-refractivity contribution in [1.82, 2.24) is 20.4 Å². The Labute approximate surface area is 146 Å². The Morgan fingerprint density at radius 2 is 1.92 bits per heavy atom. The molecular formula is C17H12F3N5O. The molecule has 1 aromatic carbocycles. The number of pyridine rings is 1. The van der Waals surface area contributed by atoms with Crippen LogP contribution in [0.1, 0.15) is 18.3 Å². The van der Waals surface area contributed by atoms with Crippen molar-refractivity contribution in [2.45, 2.75) is 13.1 Å². The maximum atomic E-state index is 12.7. The fourth-order valence-electron chi connectivity index (χ4n) is 2.40. The maximum absolute atomic E-state index is 12.7. The van der Waals surface area contributed by atoms with Gasteiger partial charge in [-0.05, 0) is 30.7 Å². The second-order valence-electron chi connectivity index (χ2n) is 5.21. The Morgan fingerprint density at radius 1 is 1.15 bits per heavy atom. The SMILES string of the molecule is CCOc1ccc(-c2ccc(C(F)(F)F)nc2)cc1-c1n[nH]nc1C#N. The van der Waals surface area contributed by atoms with E-state index in [0.717, 1.165) is 12.3 Å². The van der Waals surface area contributed by atoms with E-state index in [-0.39, 0.29) is 5.69 Å². The number of ether oxygens (including phenoxy) is 1. The van der Waals surface area contributed by atoms with Crippen molar-refractivity contribution in [2.24, 2.45) is 0 Å². The lowest BCUT2D eigenvalue weighted by Gasteiger charge is -2.11. The molecule has 6 nitrogen and oxygen atoms in total. The van der Waals surface area contributed by atoms with E-state index in [1.165, 1.54) is 6.07 Å². The number of halogens is 3. The molecule has 3 aromatic rings. The topological polar surface area (TPSA) is 87.5 Å². The molecule has 0 unspecified atom stereocenters. The zero-order valence-corrected chi connectivity index (χ0v) is 13.5. The van der Waals surface area contributed by atoms with Crippen molar-refractivity contribution in [2.75, 3.05) is 6.61 Å². The molecule has 3 rings (SSSR count). The third-order valence-corrected chi connectivity index (χ3v) is 3.58. The van der Waals surface area contributed by atoms with Gasteiger partial charge in [0, 0.05) is 17.3 Å². The van der Waals surface area contributed by atoms with Crippen molar-refractivity contribution in [1.29, 1.82) is 5.26 Å². The molecule has 132 valence electrons. The number of nitrogens with one attached hydrogen (secondary N) is 1. The van der Waals surface area contributed by atoms with Gasteiger partial charge in [0.1, 0.15) is 23.2 Å². The van der Waals surface area contributed by atoms with E-state index in [4.69, 9.17) is 10.00 Å². The molecule has 0 aliphatic heterocycles. The first kappa shape index (κ1) is 17.4. The van der Waals surface area contributed by atoms with Gasteiger partial charge >= 0.3 is 6.18 Å². The summed E-state index contributed by atoms with van der Waals surface area (Å²) in [6.45, 7) is 2.21. The molecule has 0 atom stereocenters. The van der Waals surface area contributed by atoms with Gasteiger partial charge in [0.15, 0.2) is 5.69 Å². The van der Waals surface area contributed by atoms with Crippen molar-refractivity contribution in [3.63, 3.8) is 0 Å². The number of hydrogen-bond donors (Lipinski definition) is 1. The van der Waals surface area contributed by atoms with E-state index >= 15 is 0 Å². The number of nitrogens with zero attached hydrogens (tertiary/aromatic N) is 4. The predicted octanol–water partition coefficient (Wildman–Crippen LogP) is 3.82. The lowest BCUT2D eigenvalue weighted by atomic mass is 10.0. The number of alkyl halides is 3. The number of aromatic amines is 1. The van der Waals surface area contributed by atoms with Crippen LogP contribution in [0, 0.1) is 11.3 Å². The quantitative estimate of drug-likeness (QED) is 0.765. The molecule has 2 heterocycles. The molecule has 2 aromatic heterocycles. The van der Waals surface area contributed by atoms with Crippen LogP contribution >= 0.6 is 0 Å². The first-order valence-corrected chi connectivity index (χ1v) is 7.55. The molecule has 0 amide bonds. The van der Waals surface area contributed by atoms with Gasteiger partial charge in [-0.3, -0.25) is 4.98 Å². The van der Waals surface area contributed by atoms with Crippen LogP contribution in [0.2, 0.25) is 0 Å². The summed E-state index contributed by atoms with van der Waals surface area (Å²) in [4.78, 5) is 3.47. The number of rotatable bonds is 4. The maximum Gasteiger partial charge on any atom is 0.433 e. The molecule has 0 saturated heterocycles. The highest BCUT2D eigenvalue weighted by Crippen LogP contribution is 2.35. The molecular weight excluding hydrogens is 347 g/mol. The zero-order valence-electron chi connectivity index (χ0n) is 13.5. The number of H-pyrrole nitrogens is 1. The number of aromatic nitrogens is 4. The van der Waals surface area contributed by atoms with E-state index in [1.807, 2.05) is 13.0 Å². The van der Waals surface area contributed by atoms with E-state index in [1.54, 1.807) is 18.2 Å². The lowest BCUT2D eigenvalue weighted by molar-refractivity contribution is -0.141. The summed E-state index contributed by atoms with van der Waals surface area (Å²) in [6.07, 6.45) is -3.35. The number of nitriles is 1. The molecule has 26 heavy (non-hydrogen) atoms. The zero-order chi connectivity index (χ0) is 18.7. The van der Waals surface area contributed by atoms with Crippen molar-refractivity contribution in [3.8, 4) is 34.2 Å². The fraction of sp³-hybridized carbons (Fsp3) is 0.176. The van der Waals surface area contributed by atoms with Crippen LogP contribution in [0.4, 0.5) is 13.2 Å². The van der Waals surface area contributed by atoms with Crippen LogP contribution in [-0.2, 0) is 6.18 Å². The van der Waals surface area contributed by atoms with Crippen molar-refractivity contribution in [3.05, 3.63) is 47.9 Å². The minimum Gasteiger partial charge on any atom is -0.493 e. The summed E-state index contributed by atoms with van der Waals surface area (Å²) in [5.74, 6) is 0.488. The Hall–Kier alpha value is -3.41. The number of benzene rings is 1. The lowest BCUT2D eigenvalue weighted by Crippen LogP contribution is -2.07. The molecule has 0 radical (unpaired) electrons. The van der Waals surface area contributed by atoms with Gasteiger partial charge in [0.25, 0.3) is 0 Å². The number of hydrogen-bond acceptors (Lipinski definition) is 5. The summed E-state index contributed by atoms with van der Waals surface area (Å²) in [5, 5.41) is 19.3. The molecule has 0 saturated carbocycles. The Morgan fingerprint density at radius 3 is 2.54 bits per heavy atom. The summed E-state index contributed by atoms with van der Waals surface area (Å²) in [5.41, 5.74) is 1.04. The highest BCUT2D eigenvalue weighted by molar-refractivity contribution is 5.77. The van der Waals surface area contributed by atoms with Crippen LogP contribution in [0.25, 0.3) is 22.4 Å².